The minimum absolute atomic E-state index is 0.0468. The van der Waals surface area contributed by atoms with Crippen LogP contribution in [0.25, 0.3) is 0 Å². The van der Waals surface area contributed by atoms with E-state index >= 15 is 0 Å². The standard InChI is InChI=1S/C14H24N4O/c1-18-10-12(9-17-18)8-16-14(19)13(15)7-11-5-3-2-4-6-11/h9-11,13H,2-8,15H2,1H3,(H,16,19). The highest BCUT2D eigenvalue weighted by Gasteiger charge is 2.21. The van der Waals surface area contributed by atoms with Crippen LogP contribution in [0.4, 0.5) is 0 Å². The molecule has 1 atom stereocenters. The number of hydrogen-bond acceptors (Lipinski definition) is 3. The number of rotatable bonds is 5. The van der Waals surface area contributed by atoms with Crippen molar-refractivity contribution in [3.63, 3.8) is 0 Å². The number of nitrogens with two attached hydrogens (primary N) is 1. The van der Waals surface area contributed by atoms with E-state index < -0.39 is 0 Å². The molecule has 1 aliphatic carbocycles. The smallest absolute Gasteiger partial charge is 0.237 e. The lowest BCUT2D eigenvalue weighted by Crippen LogP contribution is -2.41. The van der Waals surface area contributed by atoms with Crippen molar-refractivity contribution in [2.75, 3.05) is 0 Å². The fourth-order valence-electron chi connectivity index (χ4n) is 2.77. The number of hydrogen-bond donors (Lipinski definition) is 2. The monoisotopic (exact) mass is 264 g/mol. The van der Waals surface area contributed by atoms with E-state index in [1.54, 1.807) is 10.9 Å². The molecule has 0 aliphatic heterocycles. The van der Waals surface area contributed by atoms with Gasteiger partial charge in [-0.3, -0.25) is 9.48 Å². The molecule has 1 amide bonds. The van der Waals surface area contributed by atoms with Gasteiger partial charge in [0.1, 0.15) is 0 Å². The normalized spacial score (nSPS) is 18.2. The van der Waals surface area contributed by atoms with E-state index in [0.29, 0.717) is 12.5 Å². The third-order valence-corrected chi connectivity index (χ3v) is 3.87. The summed E-state index contributed by atoms with van der Waals surface area (Å²) in [5, 5.41) is 6.95. The van der Waals surface area contributed by atoms with Crippen molar-refractivity contribution in [2.24, 2.45) is 18.7 Å². The Bertz CT molecular complexity index is 409. The summed E-state index contributed by atoms with van der Waals surface area (Å²) in [6.45, 7) is 0.505. The van der Waals surface area contributed by atoms with Gasteiger partial charge in [-0.15, -0.1) is 0 Å². The lowest BCUT2D eigenvalue weighted by molar-refractivity contribution is -0.122. The van der Waals surface area contributed by atoms with Crippen molar-refractivity contribution in [3.05, 3.63) is 18.0 Å². The minimum Gasteiger partial charge on any atom is -0.351 e. The van der Waals surface area contributed by atoms with Gasteiger partial charge in [0.05, 0.1) is 12.2 Å². The highest BCUT2D eigenvalue weighted by atomic mass is 16.2. The maximum absolute atomic E-state index is 11.9. The minimum atomic E-state index is -0.375. The van der Waals surface area contributed by atoms with Gasteiger partial charge in [0.2, 0.25) is 5.91 Å². The average molecular weight is 264 g/mol. The highest BCUT2D eigenvalue weighted by Crippen LogP contribution is 2.26. The summed E-state index contributed by atoms with van der Waals surface area (Å²) in [6.07, 6.45) is 10.8. The molecule has 0 spiro atoms. The predicted octanol–water partition coefficient (Wildman–Crippen LogP) is 1.33. The van der Waals surface area contributed by atoms with Crippen LogP contribution < -0.4 is 11.1 Å². The van der Waals surface area contributed by atoms with Crippen molar-refractivity contribution in [2.45, 2.75) is 51.1 Å². The molecule has 0 radical (unpaired) electrons. The van der Waals surface area contributed by atoms with Crippen LogP contribution in [0.2, 0.25) is 0 Å². The second-order valence-electron chi connectivity index (χ2n) is 5.59. The quantitative estimate of drug-likeness (QED) is 0.842. The molecule has 19 heavy (non-hydrogen) atoms. The molecule has 0 bridgehead atoms. The van der Waals surface area contributed by atoms with Gasteiger partial charge in [-0.25, -0.2) is 0 Å². The molecule has 1 heterocycles. The van der Waals surface area contributed by atoms with Crippen LogP contribution in [0.1, 0.15) is 44.1 Å². The van der Waals surface area contributed by atoms with Crippen molar-refractivity contribution < 1.29 is 4.79 Å². The molecule has 1 aromatic rings. The summed E-state index contributed by atoms with van der Waals surface area (Å²) in [7, 11) is 1.86. The Morgan fingerprint density at radius 2 is 2.26 bits per heavy atom. The van der Waals surface area contributed by atoms with E-state index in [9.17, 15) is 4.79 Å². The number of nitrogens with one attached hydrogen (secondary N) is 1. The summed E-state index contributed by atoms with van der Waals surface area (Å²) in [5.41, 5.74) is 6.99. The SMILES string of the molecule is Cn1cc(CNC(=O)C(N)CC2CCCCC2)cn1. The molecule has 1 saturated carbocycles. The zero-order valence-corrected chi connectivity index (χ0v) is 11.6. The van der Waals surface area contributed by atoms with Gasteiger partial charge < -0.3 is 11.1 Å². The third kappa shape index (κ3) is 4.35. The van der Waals surface area contributed by atoms with E-state index in [0.717, 1.165) is 12.0 Å². The van der Waals surface area contributed by atoms with Crippen molar-refractivity contribution in [3.8, 4) is 0 Å². The first-order chi connectivity index (χ1) is 9.15. The Morgan fingerprint density at radius 3 is 2.89 bits per heavy atom. The Kier molecular flexibility index (Phi) is 4.96. The average Bonchev–Trinajstić information content (AvgIpc) is 2.83. The molecule has 0 aromatic carbocycles. The van der Waals surface area contributed by atoms with Crippen molar-refractivity contribution in [1.29, 1.82) is 0 Å². The summed E-state index contributed by atoms with van der Waals surface area (Å²) in [6, 6.07) is -0.375. The first-order valence-electron chi connectivity index (χ1n) is 7.16. The summed E-state index contributed by atoms with van der Waals surface area (Å²) < 4.78 is 1.73. The molecule has 1 unspecified atom stereocenters. The molecule has 3 N–H and O–H groups in total. The van der Waals surface area contributed by atoms with Gasteiger partial charge in [-0.1, -0.05) is 32.1 Å². The lowest BCUT2D eigenvalue weighted by Gasteiger charge is -2.24. The number of aromatic nitrogens is 2. The fourth-order valence-corrected chi connectivity index (χ4v) is 2.77. The molecule has 1 aliphatic rings. The molecular formula is C14H24N4O. The van der Waals surface area contributed by atoms with Crippen molar-refractivity contribution in [1.82, 2.24) is 15.1 Å². The zero-order valence-electron chi connectivity index (χ0n) is 11.6. The second kappa shape index (κ2) is 6.70. The van der Waals surface area contributed by atoms with Crippen LogP contribution in [0.15, 0.2) is 12.4 Å². The van der Waals surface area contributed by atoms with Crippen LogP contribution in [-0.2, 0) is 18.4 Å². The van der Waals surface area contributed by atoms with E-state index in [2.05, 4.69) is 10.4 Å². The Morgan fingerprint density at radius 1 is 1.53 bits per heavy atom. The highest BCUT2D eigenvalue weighted by molar-refractivity contribution is 5.81. The zero-order chi connectivity index (χ0) is 13.7. The summed E-state index contributed by atoms with van der Waals surface area (Å²) >= 11 is 0. The predicted molar refractivity (Wildman–Crippen MR) is 74.2 cm³/mol. The second-order valence-corrected chi connectivity index (χ2v) is 5.59. The molecule has 2 rings (SSSR count). The van der Waals surface area contributed by atoms with E-state index in [1.165, 1.54) is 32.1 Å². The van der Waals surface area contributed by atoms with E-state index in [-0.39, 0.29) is 11.9 Å². The Balaban J connectivity index is 1.72. The molecular weight excluding hydrogens is 240 g/mol. The first kappa shape index (κ1) is 14.1. The van der Waals surface area contributed by atoms with Gasteiger partial charge in [0.15, 0.2) is 0 Å². The largest absolute Gasteiger partial charge is 0.351 e. The number of amides is 1. The lowest BCUT2D eigenvalue weighted by atomic mass is 9.85. The summed E-state index contributed by atoms with van der Waals surface area (Å²) in [5.74, 6) is 0.585. The number of aryl methyl sites for hydroxylation is 1. The van der Waals surface area contributed by atoms with Gasteiger partial charge in [0.25, 0.3) is 0 Å². The van der Waals surface area contributed by atoms with Gasteiger partial charge in [0, 0.05) is 25.4 Å². The van der Waals surface area contributed by atoms with Crippen molar-refractivity contribution >= 4 is 5.91 Å². The van der Waals surface area contributed by atoms with E-state index in [4.69, 9.17) is 5.73 Å². The summed E-state index contributed by atoms with van der Waals surface area (Å²) in [4.78, 5) is 11.9. The fraction of sp³-hybridized carbons (Fsp3) is 0.714. The van der Waals surface area contributed by atoms with Crippen LogP contribution >= 0.6 is 0 Å². The molecule has 5 heteroatoms. The Labute approximate surface area is 114 Å². The third-order valence-electron chi connectivity index (χ3n) is 3.87. The first-order valence-corrected chi connectivity index (χ1v) is 7.16. The number of carbonyl (C=O) groups excluding carboxylic acids is 1. The molecule has 106 valence electrons. The van der Waals surface area contributed by atoms with Crippen LogP contribution in [0, 0.1) is 5.92 Å². The van der Waals surface area contributed by atoms with E-state index in [1.807, 2.05) is 13.2 Å². The maximum Gasteiger partial charge on any atom is 0.237 e. The number of nitrogens with zero attached hydrogens (tertiary/aromatic N) is 2. The maximum atomic E-state index is 11.9. The van der Waals surface area contributed by atoms with Gasteiger partial charge >= 0.3 is 0 Å². The van der Waals surface area contributed by atoms with Crippen LogP contribution in [-0.4, -0.2) is 21.7 Å². The molecule has 1 fully saturated rings. The topological polar surface area (TPSA) is 72.9 Å². The Hall–Kier alpha value is -1.36. The van der Waals surface area contributed by atoms with Crippen LogP contribution in [0.5, 0.6) is 0 Å². The van der Waals surface area contributed by atoms with Gasteiger partial charge in [-0.2, -0.15) is 5.10 Å². The van der Waals surface area contributed by atoms with Crippen LogP contribution in [0.3, 0.4) is 0 Å². The number of carbonyl (C=O) groups is 1. The molecule has 0 saturated heterocycles. The molecule has 1 aromatic heterocycles. The molecule has 5 nitrogen and oxygen atoms in total. The van der Waals surface area contributed by atoms with Gasteiger partial charge in [-0.05, 0) is 12.3 Å².